The third-order valence-corrected chi connectivity index (χ3v) is 4.95. The summed E-state index contributed by atoms with van der Waals surface area (Å²) < 4.78 is 5.13. The molecule has 3 rings (SSSR count). The molecule has 2 aromatic carbocycles. The van der Waals surface area contributed by atoms with Gasteiger partial charge < -0.3 is 10.1 Å². The lowest BCUT2D eigenvalue weighted by Gasteiger charge is -2.08. The fourth-order valence-electron chi connectivity index (χ4n) is 2.51. The number of ether oxygens (including phenoxy) is 1. The van der Waals surface area contributed by atoms with Gasteiger partial charge in [0.2, 0.25) is 0 Å². The lowest BCUT2D eigenvalue weighted by Crippen LogP contribution is -2.14. The van der Waals surface area contributed by atoms with Crippen LogP contribution in [0.2, 0.25) is 5.02 Å². The van der Waals surface area contributed by atoms with Gasteiger partial charge in [-0.1, -0.05) is 11.6 Å². The molecule has 28 heavy (non-hydrogen) atoms. The molecule has 2 N–H and O–H groups in total. The van der Waals surface area contributed by atoms with Crippen molar-refractivity contribution in [2.45, 2.75) is 0 Å². The number of nitro benzene ring substituents is 1. The molecule has 0 aliphatic heterocycles. The molecule has 8 nitrogen and oxygen atoms in total. The topological polar surface area (TPSA) is 106 Å². The van der Waals surface area contributed by atoms with Crippen molar-refractivity contribution in [2.24, 2.45) is 0 Å². The van der Waals surface area contributed by atoms with E-state index in [1.807, 2.05) is 6.07 Å². The van der Waals surface area contributed by atoms with E-state index in [-0.39, 0.29) is 11.3 Å². The highest BCUT2D eigenvalue weighted by molar-refractivity contribution is 7.14. The Bertz CT molecular complexity index is 1050. The van der Waals surface area contributed by atoms with Gasteiger partial charge in [0.05, 0.1) is 28.3 Å². The first-order valence-electron chi connectivity index (χ1n) is 8.00. The van der Waals surface area contributed by atoms with E-state index in [0.717, 1.165) is 5.56 Å². The largest absolute Gasteiger partial charge is 0.495 e. The molecular formula is C18H15ClN4O4S. The van der Waals surface area contributed by atoms with E-state index in [1.165, 1.54) is 36.6 Å². The van der Waals surface area contributed by atoms with Crippen LogP contribution in [-0.4, -0.2) is 30.0 Å². The number of amides is 1. The van der Waals surface area contributed by atoms with Crippen LogP contribution < -0.4 is 15.4 Å². The average Bonchev–Trinajstić information content (AvgIpc) is 3.15. The smallest absolute Gasteiger partial charge is 0.270 e. The van der Waals surface area contributed by atoms with Crippen LogP contribution in [0.3, 0.4) is 0 Å². The number of hydrogen-bond acceptors (Lipinski definition) is 7. The summed E-state index contributed by atoms with van der Waals surface area (Å²) in [6, 6.07) is 9.31. The quantitative estimate of drug-likeness (QED) is 0.445. The standard InChI is InChI=1S/C18H15ClN4O4S/c1-20-14-5-4-11(23(25)26)8-12(14)17(24)22-18-21-15(9-28-18)10-3-6-16(27-2)13(19)7-10/h3-9,20H,1-2H3,(H,21,22,24). The van der Waals surface area contributed by atoms with Crippen molar-refractivity contribution in [1.82, 2.24) is 4.98 Å². The van der Waals surface area contributed by atoms with E-state index < -0.39 is 10.8 Å². The van der Waals surface area contributed by atoms with Gasteiger partial charge in [0.25, 0.3) is 11.6 Å². The number of carbonyl (C=O) groups excluding carboxylic acids is 1. The molecule has 3 aromatic rings. The minimum atomic E-state index is -0.550. The van der Waals surface area contributed by atoms with Gasteiger partial charge in [-0.25, -0.2) is 4.98 Å². The molecule has 0 aliphatic rings. The number of halogens is 1. The van der Waals surface area contributed by atoms with E-state index in [0.29, 0.717) is 27.3 Å². The molecule has 0 fully saturated rings. The molecular weight excluding hydrogens is 404 g/mol. The van der Waals surface area contributed by atoms with Crippen molar-refractivity contribution in [3.63, 3.8) is 0 Å². The highest BCUT2D eigenvalue weighted by Gasteiger charge is 2.18. The Morgan fingerprint density at radius 3 is 2.71 bits per heavy atom. The Labute approximate surface area is 169 Å². The number of anilines is 2. The number of rotatable bonds is 6. The van der Waals surface area contributed by atoms with Crippen LogP contribution in [0, 0.1) is 10.1 Å². The van der Waals surface area contributed by atoms with Crippen LogP contribution in [0.5, 0.6) is 5.75 Å². The van der Waals surface area contributed by atoms with Gasteiger partial charge in [0.15, 0.2) is 5.13 Å². The minimum Gasteiger partial charge on any atom is -0.495 e. The molecule has 1 heterocycles. The Morgan fingerprint density at radius 1 is 1.29 bits per heavy atom. The highest BCUT2D eigenvalue weighted by Crippen LogP contribution is 2.32. The zero-order valence-electron chi connectivity index (χ0n) is 14.9. The van der Waals surface area contributed by atoms with E-state index in [9.17, 15) is 14.9 Å². The lowest BCUT2D eigenvalue weighted by atomic mass is 10.1. The Hall–Kier alpha value is -3.17. The number of methoxy groups -OCH3 is 1. The Kier molecular flexibility index (Phi) is 5.76. The van der Waals surface area contributed by atoms with E-state index >= 15 is 0 Å². The number of non-ortho nitro benzene ring substituents is 1. The fourth-order valence-corrected chi connectivity index (χ4v) is 3.48. The van der Waals surface area contributed by atoms with Crippen LogP contribution in [-0.2, 0) is 0 Å². The van der Waals surface area contributed by atoms with Crippen molar-refractivity contribution in [1.29, 1.82) is 0 Å². The summed E-state index contributed by atoms with van der Waals surface area (Å²) in [6.45, 7) is 0. The lowest BCUT2D eigenvalue weighted by molar-refractivity contribution is -0.384. The molecule has 0 spiro atoms. The molecule has 0 unspecified atom stereocenters. The maximum Gasteiger partial charge on any atom is 0.270 e. The normalized spacial score (nSPS) is 10.4. The van der Waals surface area contributed by atoms with Crippen molar-refractivity contribution in [3.05, 3.63) is 62.5 Å². The number of carbonyl (C=O) groups is 1. The summed E-state index contributed by atoms with van der Waals surface area (Å²) >= 11 is 7.38. The van der Waals surface area contributed by atoms with Gasteiger partial charge in [0.1, 0.15) is 5.75 Å². The van der Waals surface area contributed by atoms with Crippen LogP contribution in [0.25, 0.3) is 11.3 Å². The maximum atomic E-state index is 12.6. The highest BCUT2D eigenvalue weighted by atomic mass is 35.5. The summed E-state index contributed by atoms with van der Waals surface area (Å²) in [5.41, 5.74) is 1.87. The van der Waals surface area contributed by atoms with Gasteiger partial charge in [-0.05, 0) is 24.3 Å². The molecule has 0 atom stereocenters. The molecule has 0 saturated carbocycles. The summed E-state index contributed by atoms with van der Waals surface area (Å²) in [4.78, 5) is 27.4. The Balaban J connectivity index is 1.84. The summed E-state index contributed by atoms with van der Waals surface area (Å²) in [5.74, 6) is 0.0566. The zero-order valence-corrected chi connectivity index (χ0v) is 16.4. The molecule has 1 amide bonds. The van der Waals surface area contributed by atoms with Gasteiger partial charge in [0, 0.05) is 35.8 Å². The number of nitrogens with zero attached hydrogens (tertiary/aromatic N) is 2. The summed E-state index contributed by atoms with van der Waals surface area (Å²) in [5, 5.41) is 19.1. The van der Waals surface area contributed by atoms with Crippen molar-refractivity contribution < 1.29 is 14.5 Å². The molecule has 10 heteroatoms. The second-order valence-electron chi connectivity index (χ2n) is 5.58. The van der Waals surface area contributed by atoms with Gasteiger partial charge in [-0.3, -0.25) is 20.2 Å². The van der Waals surface area contributed by atoms with Crippen LogP contribution in [0.15, 0.2) is 41.8 Å². The second-order valence-corrected chi connectivity index (χ2v) is 6.84. The summed E-state index contributed by atoms with van der Waals surface area (Å²) in [7, 11) is 3.16. The van der Waals surface area contributed by atoms with Gasteiger partial charge >= 0.3 is 0 Å². The van der Waals surface area contributed by atoms with Crippen molar-refractivity contribution in [3.8, 4) is 17.0 Å². The van der Waals surface area contributed by atoms with Crippen molar-refractivity contribution in [2.75, 3.05) is 24.8 Å². The summed E-state index contributed by atoms with van der Waals surface area (Å²) in [6.07, 6.45) is 0. The number of hydrogen-bond donors (Lipinski definition) is 2. The SMILES string of the molecule is CNc1ccc([N+](=O)[O-])cc1C(=O)Nc1nc(-c2ccc(OC)c(Cl)c2)cs1. The van der Waals surface area contributed by atoms with Gasteiger partial charge in [-0.2, -0.15) is 0 Å². The van der Waals surface area contributed by atoms with E-state index in [1.54, 1.807) is 24.6 Å². The predicted octanol–water partition coefficient (Wildman–Crippen LogP) is 4.67. The zero-order chi connectivity index (χ0) is 20.3. The molecule has 0 aliphatic carbocycles. The maximum absolute atomic E-state index is 12.6. The van der Waals surface area contributed by atoms with Crippen LogP contribution >= 0.6 is 22.9 Å². The first-order chi connectivity index (χ1) is 13.4. The monoisotopic (exact) mass is 418 g/mol. The average molecular weight is 419 g/mol. The fraction of sp³-hybridized carbons (Fsp3) is 0.111. The first-order valence-corrected chi connectivity index (χ1v) is 9.25. The minimum absolute atomic E-state index is 0.154. The second kappa shape index (κ2) is 8.24. The molecule has 144 valence electrons. The number of aromatic nitrogens is 1. The number of nitrogens with one attached hydrogen (secondary N) is 2. The molecule has 0 radical (unpaired) electrons. The first kappa shape index (κ1) is 19.6. The number of nitro groups is 1. The molecule has 0 saturated heterocycles. The Morgan fingerprint density at radius 2 is 2.07 bits per heavy atom. The van der Waals surface area contributed by atoms with Crippen LogP contribution in [0.4, 0.5) is 16.5 Å². The van der Waals surface area contributed by atoms with Crippen molar-refractivity contribution >= 4 is 45.4 Å². The predicted molar refractivity (Wildman–Crippen MR) is 110 cm³/mol. The molecule has 0 bridgehead atoms. The third kappa shape index (κ3) is 4.05. The van der Waals surface area contributed by atoms with Gasteiger partial charge in [-0.15, -0.1) is 11.3 Å². The number of thiazole rings is 1. The van der Waals surface area contributed by atoms with Crippen LogP contribution in [0.1, 0.15) is 10.4 Å². The molecule has 1 aromatic heterocycles. The van der Waals surface area contributed by atoms with E-state index in [4.69, 9.17) is 16.3 Å². The number of benzene rings is 2. The third-order valence-electron chi connectivity index (χ3n) is 3.90. The van der Waals surface area contributed by atoms with E-state index in [2.05, 4.69) is 15.6 Å².